The SMILES string of the molecule is O=C(O)[C@@H]1CCCN1C(=O)c1cccc(COc2ccc(C3CCNN3)nc2)c1. The second-order valence-corrected chi connectivity index (χ2v) is 7.32. The fourth-order valence-corrected chi connectivity index (χ4v) is 3.78. The fraction of sp³-hybridized carbons (Fsp3) is 0.381. The summed E-state index contributed by atoms with van der Waals surface area (Å²) in [6.07, 6.45) is 3.90. The lowest BCUT2D eigenvalue weighted by Gasteiger charge is -2.21. The zero-order valence-corrected chi connectivity index (χ0v) is 16.0. The van der Waals surface area contributed by atoms with Crippen molar-refractivity contribution in [3.8, 4) is 5.75 Å². The standard InChI is InChI=1S/C21H24N4O4/c26-20(25-10-2-5-19(25)21(27)28)15-4-1-3-14(11-15)13-29-16-6-7-17(22-12-16)18-8-9-23-24-18/h1,3-4,6-7,11-12,18-19,23-24H,2,5,8-10,13H2,(H,27,28)/t18?,19-/m0/s1. The number of aromatic nitrogens is 1. The number of hydrogen-bond donors (Lipinski definition) is 3. The smallest absolute Gasteiger partial charge is 0.326 e. The minimum Gasteiger partial charge on any atom is -0.487 e. The summed E-state index contributed by atoms with van der Waals surface area (Å²) in [5.41, 5.74) is 8.55. The quantitative estimate of drug-likeness (QED) is 0.685. The number of aliphatic carboxylic acids is 1. The van der Waals surface area contributed by atoms with Gasteiger partial charge in [-0.25, -0.2) is 10.2 Å². The fourth-order valence-electron chi connectivity index (χ4n) is 3.78. The molecule has 0 bridgehead atoms. The van der Waals surface area contributed by atoms with Crippen LogP contribution in [-0.4, -0.2) is 46.0 Å². The Kier molecular flexibility index (Phi) is 5.73. The minimum absolute atomic E-state index is 0.215. The van der Waals surface area contributed by atoms with E-state index in [1.807, 2.05) is 18.2 Å². The van der Waals surface area contributed by atoms with Gasteiger partial charge in [-0.1, -0.05) is 12.1 Å². The summed E-state index contributed by atoms with van der Waals surface area (Å²) in [4.78, 5) is 30.0. The molecule has 1 aromatic heterocycles. The van der Waals surface area contributed by atoms with E-state index in [-0.39, 0.29) is 11.9 Å². The van der Waals surface area contributed by atoms with Crippen molar-refractivity contribution in [2.24, 2.45) is 0 Å². The number of amides is 1. The molecule has 0 aliphatic carbocycles. The van der Waals surface area contributed by atoms with Gasteiger partial charge in [0.2, 0.25) is 0 Å². The van der Waals surface area contributed by atoms with E-state index in [4.69, 9.17) is 4.74 Å². The van der Waals surface area contributed by atoms with Gasteiger partial charge in [-0.3, -0.25) is 15.2 Å². The van der Waals surface area contributed by atoms with Gasteiger partial charge >= 0.3 is 5.97 Å². The molecule has 2 atom stereocenters. The average Bonchev–Trinajstić information content (AvgIpc) is 3.44. The summed E-state index contributed by atoms with van der Waals surface area (Å²) in [5, 5.41) is 9.31. The molecule has 3 N–H and O–H groups in total. The molecule has 0 saturated carbocycles. The van der Waals surface area contributed by atoms with Crippen molar-refractivity contribution in [2.45, 2.75) is 38.0 Å². The lowest BCUT2D eigenvalue weighted by atomic mass is 10.1. The second-order valence-electron chi connectivity index (χ2n) is 7.32. The molecule has 1 aromatic carbocycles. The Morgan fingerprint density at radius 3 is 2.86 bits per heavy atom. The number of likely N-dealkylation sites (tertiary alicyclic amines) is 1. The number of carboxylic acid groups (broad SMARTS) is 1. The number of ether oxygens (including phenoxy) is 1. The maximum atomic E-state index is 12.8. The van der Waals surface area contributed by atoms with Gasteiger partial charge in [0, 0.05) is 18.7 Å². The molecular formula is C21H24N4O4. The molecule has 0 spiro atoms. The number of hydrazine groups is 1. The van der Waals surface area contributed by atoms with Crippen LogP contribution in [0.2, 0.25) is 0 Å². The Morgan fingerprint density at radius 2 is 2.14 bits per heavy atom. The van der Waals surface area contributed by atoms with Gasteiger partial charge in [-0.2, -0.15) is 0 Å². The number of rotatable bonds is 6. The molecule has 2 aromatic rings. The third-order valence-electron chi connectivity index (χ3n) is 5.33. The number of carbonyl (C=O) groups excluding carboxylic acids is 1. The molecule has 2 aliphatic heterocycles. The summed E-state index contributed by atoms with van der Waals surface area (Å²) >= 11 is 0. The molecule has 1 unspecified atom stereocenters. The molecule has 2 aliphatic rings. The average molecular weight is 396 g/mol. The Hall–Kier alpha value is -2.97. The topological polar surface area (TPSA) is 104 Å². The Morgan fingerprint density at radius 1 is 1.24 bits per heavy atom. The Bertz CT molecular complexity index is 881. The van der Waals surface area contributed by atoms with E-state index in [0.29, 0.717) is 37.3 Å². The zero-order valence-electron chi connectivity index (χ0n) is 16.0. The highest BCUT2D eigenvalue weighted by Gasteiger charge is 2.34. The van der Waals surface area contributed by atoms with E-state index in [9.17, 15) is 14.7 Å². The summed E-state index contributed by atoms with van der Waals surface area (Å²) in [5.74, 6) is -0.544. The van der Waals surface area contributed by atoms with Gasteiger partial charge in [-0.15, -0.1) is 0 Å². The van der Waals surface area contributed by atoms with Crippen LogP contribution in [0.5, 0.6) is 5.75 Å². The highest BCUT2D eigenvalue weighted by Crippen LogP contribution is 2.22. The largest absolute Gasteiger partial charge is 0.487 e. The summed E-state index contributed by atoms with van der Waals surface area (Å²) in [6.45, 7) is 1.69. The lowest BCUT2D eigenvalue weighted by molar-refractivity contribution is -0.141. The van der Waals surface area contributed by atoms with Crippen molar-refractivity contribution >= 4 is 11.9 Å². The first-order valence-electron chi connectivity index (χ1n) is 9.81. The van der Waals surface area contributed by atoms with E-state index < -0.39 is 12.0 Å². The van der Waals surface area contributed by atoms with Crippen molar-refractivity contribution in [2.75, 3.05) is 13.1 Å². The van der Waals surface area contributed by atoms with Crippen molar-refractivity contribution in [1.29, 1.82) is 0 Å². The Labute approximate surface area is 168 Å². The molecule has 1 amide bonds. The number of carbonyl (C=O) groups is 2. The zero-order chi connectivity index (χ0) is 20.2. The molecule has 152 valence electrons. The van der Waals surface area contributed by atoms with Crippen LogP contribution in [0.1, 0.15) is 46.9 Å². The number of carboxylic acids is 1. The van der Waals surface area contributed by atoms with Gasteiger partial charge in [-0.05, 0) is 49.1 Å². The first kappa shape index (κ1) is 19.4. The van der Waals surface area contributed by atoms with Gasteiger partial charge in [0.15, 0.2) is 0 Å². The van der Waals surface area contributed by atoms with Crippen LogP contribution in [0, 0.1) is 0 Å². The third-order valence-corrected chi connectivity index (χ3v) is 5.33. The molecule has 8 heteroatoms. The molecule has 2 fully saturated rings. The van der Waals surface area contributed by atoms with Crippen LogP contribution in [0.4, 0.5) is 0 Å². The highest BCUT2D eigenvalue weighted by molar-refractivity contribution is 5.97. The molecule has 2 saturated heterocycles. The van der Waals surface area contributed by atoms with Crippen LogP contribution in [-0.2, 0) is 11.4 Å². The van der Waals surface area contributed by atoms with E-state index in [2.05, 4.69) is 15.8 Å². The van der Waals surface area contributed by atoms with Gasteiger partial charge in [0.25, 0.3) is 5.91 Å². The minimum atomic E-state index is -0.949. The van der Waals surface area contributed by atoms with Crippen LogP contribution < -0.4 is 15.6 Å². The number of pyridine rings is 1. The first-order chi connectivity index (χ1) is 14.1. The maximum Gasteiger partial charge on any atom is 0.326 e. The van der Waals surface area contributed by atoms with Gasteiger partial charge in [0.1, 0.15) is 18.4 Å². The number of nitrogens with zero attached hydrogens (tertiary/aromatic N) is 2. The van der Waals surface area contributed by atoms with Crippen LogP contribution in [0.25, 0.3) is 0 Å². The van der Waals surface area contributed by atoms with Crippen LogP contribution in [0.3, 0.4) is 0 Å². The molecule has 3 heterocycles. The number of hydrogen-bond acceptors (Lipinski definition) is 6. The molecule has 8 nitrogen and oxygen atoms in total. The van der Waals surface area contributed by atoms with Crippen molar-refractivity contribution in [1.82, 2.24) is 20.7 Å². The first-order valence-corrected chi connectivity index (χ1v) is 9.81. The molecule has 0 radical (unpaired) electrons. The molecular weight excluding hydrogens is 372 g/mol. The van der Waals surface area contributed by atoms with Crippen LogP contribution in [0.15, 0.2) is 42.6 Å². The number of nitrogens with one attached hydrogen (secondary N) is 2. The highest BCUT2D eigenvalue weighted by atomic mass is 16.5. The predicted molar refractivity (Wildman–Crippen MR) is 105 cm³/mol. The summed E-state index contributed by atoms with van der Waals surface area (Å²) in [6, 6.07) is 10.4. The monoisotopic (exact) mass is 396 g/mol. The van der Waals surface area contributed by atoms with E-state index in [1.165, 1.54) is 4.90 Å². The summed E-state index contributed by atoms with van der Waals surface area (Å²) in [7, 11) is 0. The van der Waals surface area contributed by atoms with Gasteiger partial charge in [0.05, 0.1) is 17.9 Å². The molecule has 4 rings (SSSR count). The third kappa shape index (κ3) is 4.38. The predicted octanol–water partition coefficient (Wildman–Crippen LogP) is 1.89. The maximum absolute atomic E-state index is 12.8. The second kappa shape index (κ2) is 8.59. The Balaban J connectivity index is 1.39. The normalized spacial score (nSPS) is 21.3. The summed E-state index contributed by atoms with van der Waals surface area (Å²) < 4.78 is 5.81. The lowest BCUT2D eigenvalue weighted by Crippen LogP contribution is -2.40. The van der Waals surface area contributed by atoms with Crippen molar-refractivity contribution in [3.05, 3.63) is 59.4 Å². The van der Waals surface area contributed by atoms with E-state index >= 15 is 0 Å². The van der Waals surface area contributed by atoms with Crippen LogP contribution >= 0.6 is 0 Å². The van der Waals surface area contributed by atoms with Gasteiger partial charge < -0.3 is 14.7 Å². The molecule has 29 heavy (non-hydrogen) atoms. The van der Waals surface area contributed by atoms with E-state index in [0.717, 1.165) is 24.2 Å². The van der Waals surface area contributed by atoms with Crippen molar-refractivity contribution < 1.29 is 19.4 Å². The van der Waals surface area contributed by atoms with E-state index in [1.54, 1.807) is 24.4 Å². The van der Waals surface area contributed by atoms with Crippen molar-refractivity contribution in [3.63, 3.8) is 0 Å². The number of benzene rings is 1.